The first-order valence-electron chi connectivity index (χ1n) is 12.6. The second-order valence-electron chi connectivity index (χ2n) is 10.2. The first-order valence-corrected chi connectivity index (χ1v) is 12.6. The normalized spacial score (nSPS) is 15.8. The molecule has 0 bridgehead atoms. The predicted molar refractivity (Wildman–Crippen MR) is 144 cm³/mol. The number of benzene rings is 2. The van der Waals surface area contributed by atoms with E-state index in [-0.39, 0.29) is 17.6 Å². The van der Waals surface area contributed by atoms with Crippen LogP contribution >= 0.6 is 0 Å². The lowest BCUT2D eigenvalue weighted by Crippen LogP contribution is -2.36. The molecule has 38 heavy (non-hydrogen) atoms. The van der Waals surface area contributed by atoms with Crippen LogP contribution in [-0.2, 0) is 17.3 Å². The molecule has 3 amide bonds. The van der Waals surface area contributed by atoms with E-state index in [1.54, 1.807) is 36.0 Å². The summed E-state index contributed by atoms with van der Waals surface area (Å²) in [7, 11) is 1.78. The lowest BCUT2D eigenvalue weighted by molar-refractivity contribution is -0.123. The summed E-state index contributed by atoms with van der Waals surface area (Å²) in [5.41, 5.74) is 10.1. The van der Waals surface area contributed by atoms with Gasteiger partial charge in [-0.05, 0) is 79.6 Å². The SMILES string of the molecule is Cc1ccc(F)c(NC(=O)Nc2ccc(-c3cc(C4(C(=O)NC5CC5)CC4)nc4c3c(N)nn4C)cc2)c1. The van der Waals surface area contributed by atoms with Crippen molar-refractivity contribution in [2.24, 2.45) is 7.05 Å². The highest BCUT2D eigenvalue weighted by molar-refractivity contribution is 6.03. The van der Waals surface area contributed by atoms with Gasteiger partial charge in [0.05, 0.1) is 22.2 Å². The Kier molecular flexibility index (Phi) is 5.55. The molecule has 10 heteroatoms. The van der Waals surface area contributed by atoms with Crippen molar-refractivity contribution in [2.75, 3.05) is 16.4 Å². The van der Waals surface area contributed by atoms with Gasteiger partial charge in [0, 0.05) is 18.8 Å². The van der Waals surface area contributed by atoms with Crippen molar-refractivity contribution in [3.63, 3.8) is 0 Å². The van der Waals surface area contributed by atoms with E-state index in [9.17, 15) is 14.0 Å². The molecule has 5 N–H and O–H groups in total. The van der Waals surface area contributed by atoms with Crippen LogP contribution in [0.4, 0.5) is 26.4 Å². The Hall–Kier alpha value is -4.47. The van der Waals surface area contributed by atoms with Crippen LogP contribution in [0.25, 0.3) is 22.2 Å². The van der Waals surface area contributed by atoms with Crippen LogP contribution in [0.5, 0.6) is 0 Å². The maximum Gasteiger partial charge on any atom is 0.323 e. The van der Waals surface area contributed by atoms with Gasteiger partial charge in [0.15, 0.2) is 11.5 Å². The molecule has 0 unspecified atom stereocenters. The van der Waals surface area contributed by atoms with Gasteiger partial charge in [0.1, 0.15) is 5.82 Å². The van der Waals surface area contributed by atoms with Crippen molar-refractivity contribution < 1.29 is 14.0 Å². The second kappa shape index (κ2) is 8.83. The molecule has 0 aliphatic heterocycles. The van der Waals surface area contributed by atoms with Crippen LogP contribution < -0.4 is 21.7 Å². The molecule has 0 atom stereocenters. The number of nitrogens with one attached hydrogen (secondary N) is 3. The van der Waals surface area contributed by atoms with E-state index in [0.717, 1.165) is 42.4 Å². The monoisotopic (exact) mass is 513 g/mol. The lowest BCUT2D eigenvalue weighted by atomic mass is 9.95. The molecule has 0 saturated heterocycles. The van der Waals surface area contributed by atoms with Gasteiger partial charge in [0.2, 0.25) is 5.91 Å². The summed E-state index contributed by atoms with van der Waals surface area (Å²) in [5.74, 6) is -0.124. The van der Waals surface area contributed by atoms with Crippen LogP contribution in [0.2, 0.25) is 0 Å². The molecule has 2 aromatic heterocycles. The van der Waals surface area contributed by atoms with Crippen LogP contribution in [0.15, 0.2) is 48.5 Å². The van der Waals surface area contributed by atoms with E-state index in [0.29, 0.717) is 28.2 Å². The Bertz CT molecular complexity index is 1590. The van der Waals surface area contributed by atoms with Crippen molar-refractivity contribution in [3.8, 4) is 11.1 Å². The van der Waals surface area contributed by atoms with Crippen molar-refractivity contribution in [3.05, 3.63) is 65.6 Å². The van der Waals surface area contributed by atoms with Crippen molar-refractivity contribution >= 4 is 40.2 Å². The van der Waals surface area contributed by atoms with Crippen LogP contribution in [0.1, 0.15) is 36.9 Å². The fourth-order valence-corrected chi connectivity index (χ4v) is 4.78. The molecule has 6 rings (SSSR count). The number of anilines is 3. The third-order valence-electron chi connectivity index (χ3n) is 7.23. The third-order valence-corrected chi connectivity index (χ3v) is 7.23. The number of nitrogen functional groups attached to an aromatic ring is 1. The Morgan fingerprint density at radius 3 is 2.50 bits per heavy atom. The van der Waals surface area contributed by atoms with E-state index in [1.165, 1.54) is 6.07 Å². The standard InChI is InChI=1S/C28H28FN7O2/c1-15-3-10-20(29)21(13-15)33-27(38)32-18-6-4-16(5-7-18)19-14-22(34-25-23(19)24(30)35-36(25)2)28(11-12-28)26(37)31-17-8-9-17/h3-7,10,13-14,17H,8-9,11-12H2,1-2H3,(H2,30,35)(H,31,37)(H2,32,33,38). The Morgan fingerprint density at radius 1 is 1.08 bits per heavy atom. The zero-order valence-electron chi connectivity index (χ0n) is 21.1. The fraction of sp³-hybridized carbons (Fsp3) is 0.286. The fourth-order valence-electron chi connectivity index (χ4n) is 4.78. The molecule has 2 aliphatic rings. The highest BCUT2D eigenvalue weighted by Gasteiger charge is 2.54. The van der Waals surface area contributed by atoms with Crippen molar-refractivity contribution in [1.29, 1.82) is 0 Å². The Balaban J connectivity index is 1.29. The predicted octanol–water partition coefficient (Wildman–Crippen LogP) is 4.62. The number of hydrogen-bond donors (Lipinski definition) is 4. The number of halogens is 1. The van der Waals surface area contributed by atoms with Gasteiger partial charge in [0.25, 0.3) is 0 Å². The molecule has 0 spiro atoms. The zero-order valence-corrected chi connectivity index (χ0v) is 21.1. The molecule has 2 fully saturated rings. The van der Waals surface area contributed by atoms with Crippen LogP contribution in [-0.4, -0.2) is 32.7 Å². The number of urea groups is 1. The summed E-state index contributed by atoms with van der Waals surface area (Å²) in [6, 6.07) is 13.4. The number of aromatic nitrogens is 3. The number of hydrogen-bond acceptors (Lipinski definition) is 5. The average molecular weight is 514 g/mol. The van der Waals surface area contributed by atoms with E-state index < -0.39 is 17.3 Å². The van der Waals surface area contributed by atoms with Gasteiger partial charge in [-0.2, -0.15) is 5.10 Å². The number of nitrogens with zero attached hydrogens (tertiary/aromatic N) is 3. The summed E-state index contributed by atoms with van der Waals surface area (Å²) in [5, 5.41) is 13.5. The van der Waals surface area contributed by atoms with Crippen LogP contribution in [0.3, 0.4) is 0 Å². The summed E-state index contributed by atoms with van der Waals surface area (Å²) < 4.78 is 15.7. The van der Waals surface area contributed by atoms with Gasteiger partial charge >= 0.3 is 6.03 Å². The Morgan fingerprint density at radius 2 is 1.82 bits per heavy atom. The number of carbonyl (C=O) groups is 2. The third kappa shape index (κ3) is 4.31. The van der Waals surface area contributed by atoms with E-state index in [4.69, 9.17) is 10.7 Å². The minimum atomic E-state index is -0.630. The number of carbonyl (C=O) groups excluding carboxylic acids is 2. The lowest BCUT2D eigenvalue weighted by Gasteiger charge is -2.17. The summed E-state index contributed by atoms with van der Waals surface area (Å²) in [4.78, 5) is 30.4. The quantitative estimate of drug-likeness (QED) is 0.299. The molecule has 4 aromatic rings. The number of aryl methyl sites for hydroxylation is 2. The van der Waals surface area contributed by atoms with Crippen LogP contribution in [0, 0.1) is 12.7 Å². The number of pyridine rings is 1. The maximum atomic E-state index is 14.0. The molecule has 2 heterocycles. The Labute approximate surface area is 218 Å². The molecular weight excluding hydrogens is 485 g/mol. The first kappa shape index (κ1) is 23.9. The largest absolute Gasteiger partial charge is 0.382 e. The van der Waals surface area contributed by atoms with Crippen molar-refractivity contribution in [1.82, 2.24) is 20.1 Å². The molecule has 194 valence electrons. The number of nitrogens with two attached hydrogens (primary N) is 1. The van der Waals surface area contributed by atoms with Crippen molar-refractivity contribution in [2.45, 2.75) is 44.1 Å². The highest BCUT2D eigenvalue weighted by Crippen LogP contribution is 2.50. The number of amides is 3. The van der Waals surface area contributed by atoms with E-state index >= 15 is 0 Å². The maximum absolute atomic E-state index is 14.0. The van der Waals surface area contributed by atoms with Gasteiger partial charge in [-0.15, -0.1) is 0 Å². The minimum absolute atomic E-state index is 0.0311. The number of rotatable bonds is 6. The summed E-state index contributed by atoms with van der Waals surface area (Å²) >= 11 is 0. The average Bonchev–Trinajstić information content (AvgIpc) is 3.81. The molecule has 2 aliphatic carbocycles. The van der Waals surface area contributed by atoms with Gasteiger partial charge in [-0.25, -0.2) is 18.9 Å². The highest BCUT2D eigenvalue weighted by atomic mass is 19.1. The van der Waals surface area contributed by atoms with E-state index in [1.807, 2.05) is 25.1 Å². The molecular formula is C28H28FN7O2. The smallest absolute Gasteiger partial charge is 0.323 e. The minimum Gasteiger partial charge on any atom is -0.382 e. The van der Waals surface area contributed by atoms with Gasteiger partial charge < -0.3 is 21.7 Å². The first-order chi connectivity index (χ1) is 18.2. The molecule has 2 aromatic carbocycles. The summed E-state index contributed by atoms with van der Waals surface area (Å²) in [6.07, 6.45) is 3.54. The van der Waals surface area contributed by atoms with Gasteiger partial charge in [-0.1, -0.05) is 18.2 Å². The molecule has 0 radical (unpaired) electrons. The van der Waals surface area contributed by atoms with Gasteiger partial charge in [-0.3, -0.25) is 4.79 Å². The van der Waals surface area contributed by atoms with E-state index in [2.05, 4.69) is 21.0 Å². The zero-order chi connectivity index (χ0) is 26.6. The summed E-state index contributed by atoms with van der Waals surface area (Å²) in [6.45, 7) is 1.82. The molecule has 9 nitrogen and oxygen atoms in total. The topological polar surface area (TPSA) is 127 Å². The second-order valence-corrected chi connectivity index (χ2v) is 10.2. The molecule has 2 saturated carbocycles. The number of fused-ring (bicyclic) bond motifs is 1.